The van der Waals surface area contributed by atoms with Crippen LogP contribution in [-0.2, 0) is 0 Å². The Morgan fingerprint density at radius 2 is 1.65 bits per heavy atom. The molecule has 3 heterocycles. The van der Waals surface area contributed by atoms with Gasteiger partial charge in [-0.1, -0.05) is 0 Å². The molecular formula is C14H12N6. The first-order valence-corrected chi connectivity index (χ1v) is 6.34. The zero-order valence-electron chi connectivity index (χ0n) is 11.1. The summed E-state index contributed by atoms with van der Waals surface area (Å²) in [6, 6.07) is 5.91. The topological polar surface area (TPSA) is 83.1 Å². The van der Waals surface area contributed by atoms with Gasteiger partial charge in [-0.3, -0.25) is 0 Å². The van der Waals surface area contributed by atoms with Gasteiger partial charge in [-0.05, 0) is 32.0 Å². The molecule has 0 amide bonds. The quantitative estimate of drug-likeness (QED) is 0.553. The molecule has 0 saturated heterocycles. The minimum Gasteiger partial charge on any atom is -0.342 e. The smallest absolute Gasteiger partial charge is 0.157 e. The number of benzene rings is 1. The Hall–Kier alpha value is -2.76. The summed E-state index contributed by atoms with van der Waals surface area (Å²) >= 11 is 0. The van der Waals surface area contributed by atoms with Crippen LogP contribution in [0.25, 0.3) is 33.6 Å². The Morgan fingerprint density at radius 1 is 0.850 bits per heavy atom. The van der Waals surface area contributed by atoms with E-state index >= 15 is 0 Å². The van der Waals surface area contributed by atoms with Crippen molar-refractivity contribution in [1.82, 2.24) is 29.9 Å². The number of aromatic amines is 2. The van der Waals surface area contributed by atoms with Crippen LogP contribution >= 0.6 is 0 Å². The van der Waals surface area contributed by atoms with Crippen LogP contribution in [0.5, 0.6) is 0 Å². The Labute approximate surface area is 114 Å². The Bertz CT molecular complexity index is 882. The summed E-state index contributed by atoms with van der Waals surface area (Å²) in [6.45, 7) is 3.88. The largest absolute Gasteiger partial charge is 0.342 e. The van der Waals surface area contributed by atoms with E-state index in [9.17, 15) is 0 Å². The van der Waals surface area contributed by atoms with Crippen molar-refractivity contribution in [3.05, 3.63) is 36.0 Å². The van der Waals surface area contributed by atoms with Gasteiger partial charge < -0.3 is 9.97 Å². The van der Waals surface area contributed by atoms with Crippen molar-refractivity contribution in [2.24, 2.45) is 0 Å². The normalized spacial score (nSPS) is 11.5. The second kappa shape index (κ2) is 3.86. The minimum absolute atomic E-state index is 0.745. The van der Waals surface area contributed by atoms with Crippen molar-refractivity contribution in [2.75, 3.05) is 0 Å². The molecule has 6 heteroatoms. The van der Waals surface area contributed by atoms with E-state index in [2.05, 4.69) is 29.9 Å². The number of imidazole rings is 2. The molecule has 0 spiro atoms. The summed E-state index contributed by atoms with van der Waals surface area (Å²) in [5.74, 6) is 1.65. The molecule has 0 aliphatic carbocycles. The maximum Gasteiger partial charge on any atom is 0.157 e. The first-order chi connectivity index (χ1) is 9.69. The number of aromatic nitrogens is 6. The van der Waals surface area contributed by atoms with Gasteiger partial charge in [-0.15, -0.1) is 0 Å². The lowest BCUT2D eigenvalue weighted by Crippen LogP contribution is -1.89. The summed E-state index contributed by atoms with van der Waals surface area (Å²) in [5, 5.41) is 0. The standard InChI is InChI=1S/C14H12N6/c1-7-3-13(16-6-15-7)14-19-11-4-9-10(5-12(11)20-14)18-8(2)17-9/h3-6H,1-2H3,(H,17,18)(H,19,20). The highest BCUT2D eigenvalue weighted by Crippen LogP contribution is 2.23. The van der Waals surface area contributed by atoms with Crippen LogP contribution in [0.15, 0.2) is 24.5 Å². The highest BCUT2D eigenvalue weighted by Gasteiger charge is 2.09. The lowest BCUT2D eigenvalue weighted by molar-refractivity contribution is 1.09. The lowest BCUT2D eigenvalue weighted by Gasteiger charge is -1.95. The SMILES string of the molecule is Cc1cc(-c2nc3cc4nc(C)[nH]c4cc3[nH]2)ncn1. The van der Waals surface area contributed by atoms with E-state index in [0.29, 0.717) is 0 Å². The summed E-state index contributed by atoms with van der Waals surface area (Å²) in [7, 11) is 0. The van der Waals surface area contributed by atoms with Gasteiger partial charge in [0.25, 0.3) is 0 Å². The van der Waals surface area contributed by atoms with Crippen molar-refractivity contribution in [3.63, 3.8) is 0 Å². The van der Waals surface area contributed by atoms with Crippen LogP contribution in [0.2, 0.25) is 0 Å². The van der Waals surface area contributed by atoms with Crippen molar-refractivity contribution in [2.45, 2.75) is 13.8 Å². The zero-order valence-corrected chi connectivity index (χ0v) is 11.1. The van der Waals surface area contributed by atoms with E-state index in [1.54, 1.807) is 6.33 Å². The predicted molar refractivity (Wildman–Crippen MR) is 76.2 cm³/mol. The third-order valence-electron chi connectivity index (χ3n) is 3.25. The second-order valence-electron chi connectivity index (χ2n) is 4.84. The fourth-order valence-corrected chi connectivity index (χ4v) is 2.35. The van der Waals surface area contributed by atoms with Crippen LogP contribution < -0.4 is 0 Å². The molecule has 98 valence electrons. The van der Waals surface area contributed by atoms with Crippen LogP contribution in [-0.4, -0.2) is 29.9 Å². The molecule has 1 aromatic carbocycles. The van der Waals surface area contributed by atoms with Gasteiger partial charge in [0.15, 0.2) is 5.82 Å². The van der Waals surface area contributed by atoms with Crippen LogP contribution in [0.3, 0.4) is 0 Å². The van der Waals surface area contributed by atoms with Crippen molar-refractivity contribution in [1.29, 1.82) is 0 Å². The lowest BCUT2D eigenvalue weighted by atomic mass is 10.3. The number of nitrogens with zero attached hydrogens (tertiary/aromatic N) is 4. The Kier molecular flexibility index (Phi) is 2.14. The molecule has 0 fully saturated rings. The van der Waals surface area contributed by atoms with E-state index in [4.69, 9.17) is 0 Å². The number of hydrogen-bond donors (Lipinski definition) is 2. The monoisotopic (exact) mass is 264 g/mol. The third-order valence-corrected chi connectivity index (χ3v) is 3.25. The van der Waals surface area contributed by atoms with Crippen molar-refractivity contribution in [3.8, 4) is 11.5 Å². The minimum atomic E-state index is 0.745. The van der Waals surface area contributed by atoms with E-state index < -0.39 is 0 Å². The van der Waals surface area contributed by atoms with E-state index in [-0.39, 0.29) is 0 Å². The first kappa shape index (κ1) is 11.1. The molecule has 6 nitrogen and oxygen atoms in total. The summed E-state index contributed by atoms with van der Waals surface area (Å²) < 4.78 is 0. The van der Waals surface area contributed by atoms with Gasteiger partial charge in [0, 0.05) is 5.69 Å². The maximum atomic E-state index is 4.58. The number of hydrogen-bond acceptors (Lipinski definition) is 4. The van der Waals surface area contributed by atoms with E-state index in [1.165, 1.54) is 0 Å². The predicted octanol–water partition coefficient (Wildman–Crippen LogP) is 2.51. The summed E-state index contributed by atoms with van der Waals surface area (Å²) in [6.07, 6.45) is 1.55. The second-order valence-corrected chi connectivity index (χ2v) is 4.84. The highest BCUT2D eigenvalue weighted by atomic mass is 15.0. The van der Waals surface area contributed by atoms with Crippen LogP contribution in [0.4, 0.5) is 0 Å². The summed E-state index contributed by atoms with van der Waals surface area (Å²) in [5.41, 5.74) is 5.49. The number of aryl methyl sites for hydroxylation is 2. The van der Waals surface area contributed by atoms with Crippen LogP contribution in [0, 0.1) is 13.8 Å². The van der Waals surface area contributed by atoms with Crippen molar-refractivity contribution < 1.29 is 0 Å². The molecule has 0 unspecified atom stereocenters. The Balaban J connectivity index is 1.94. The average molecular weight is 264 g/mol. The molecule has 2 N–H and O–H groups in total. The third kappa shape index (κ3) is 1.65. The number of fused-ring (bicyclic) bond motifs is 2. The molecule has 0 aliphatic heterocycles. The molecule has 3 aromatic heterocycles. The van der Waals surface area contributed by atoms with Crippen LogP contribution in [0.1, 0.15) is 11.5 Å². The molecule has 4 aromatic rings. The molecular weight excluding hydrogens is 252 g/mol. The number of H-pyrrole nitrogens is 2. The summed E-state index contributed by atoms with van der Waals surface area (Å²) in [4.78, 5) is 23.9. The molecule has 0 aliphatic rings. The number of rotatable bonds is 1. The van der Waals surface area contributed by atoms with Gasteiger partial charge in [0.05, 0.1) is 22.1 Å². The van der Waals surface area contributed by atoms with E-state index in [1.807, 2.05) is 32.0 Å². The number of nitrogens with one attached hydrogen (secondary N) is 2. The van der Waals surface area contributed by atoms with Gasteiger partial charge in [-0.2, -0.15) is 0 Å². The van der Waals surface area contributed by atoms with Crippen molar-refractivity contribution >= 4 is 22.1 Å². The fourth-order valence-electron chi connectivity index (χ4n) is 2.35. The van der Waals surface area contributed by atoms with Gasteiger partial charge in [-0.25, -0.2) is 19.9 Å². The van der Waals surface area contributed by atoms with E-state index in [0.717, 1.165) is 45.1 Å². The zero-order chi connectivity index (χ0) is 13.7. The fraction of sp³-hybridized carbons (Fsp3) is 0.143. The molecule has 0 bridgehead atoms. The van der Waals surface area contributed by atoms with Gasteiger partial charge in [0.2, 0.25) is 0 Å². The molecule has 0 radical (unpaired) electrons. The van der Waals surface area contributed by atoms with Gasteiger partial charge in [0.1, 0.15) is 17.8 Å². The molecule has 0 atom stereocenters. The molecule has 4 rings (SSSR count). The highest BCUT2D eigenvalue weighted by molar-refractivity contribution is 5.92. The maximum absolute atomic E-state index is 4.58. The molecule has 0 saturated carbocycles. The Morgan fingerprint density at radius 3 is 2.50 bits per heavy atom. The van der Waals surface area contributed by atoms with Gasteiger partial charge >= 0.3 is 0 Å². The first-order valence-electron chi connectivity index (χ1n) is 6.34. The average Bonchev–Trinajstić information content (AvgIpc) is 2.97. The molecule has 20 heavy (non-hydrogen) atoms.